The van der Waals surface area contributed by atoms with Crippen LogP contribution in [0, 0.1) is 17.6 Å². The minimum Gasteiger partial charge on any atom is -0.392 e. The van der Waals surface area contributed by atoms with Crippen LogP contribution in [0.5, 0.6) is 0 Å². The van der Waals surface area contributed by atoms with Crippen molar-refractivity contribution in [2.45, 2.75) is 57.5 Å². The number of ether oxygens (including phenoxy) is 1. The maximum absolute atomic E-state index is 14.3. The first-order chi connectivity index (χ1) is 16.7. The number of aliphatic hydroxyl groups is 2. The van der Waals surface area contributed by atoms with Gasteiger partial charge in [0.2, 0.25) is 0 Å². The van der Waals surface area contributed by atoms with E-state index in [1.807, 2.05) is 11.8 Å². The summed E-state index contributed by atoms with van der Waals surface area (Å²) in [7, 11) is 1.69. The molecule has 196 valence electrons. The van der Waals surface area contributed by atoms with Crippen molar-refractivity contribution in [2.75, 3.05) is 39.9 Å². The van der Waals surface area contributed by atoms with E-state index in [9.17, 15) is 18.7 Å². The van der Waals surface area contributed by atoms with Gasteiger partial charge in [0.05, 0.1) is 17.8 Å². The number of amides is 1. The summed E-state index contributed by atoms with van der Waals surface area (Å²) >= 11 is 0. The van der Waals surface area contributed by atoms with Crippen LogP contribution in [0.15, 0.2) is 24.4 Å². The molecule has 3 unspecified atom stereocenters. The predicted octanol–water partition coefficient (Wildman–Crippen LogP) is 1.49. The Morgan fingerprint density at radius 3 is 2.54 bits per heavy atom. The molecular weight excluding hydrogens is 458 g/mol. The van der Waals surface area contributed by atoms with Gasteiger partial charge in [-0.25, -0.2) is 8.78 Å². The van der Waals surface area contributed by atoms with Crippen LogP contribution < -0.4 is 10.6 Å². The van der Waals surface area contributed by atoms with Crippen LogP contribution in [0.4, 0.5) is 8.78 Å². The van der Waals surface area contributed by atoms with Gasteiger partial charge in [-0.1, -0.05) is 0 Å². The molecule has 3 aliphatic rings. The maximum atomic E-state index is 14.3. The summed E-state index contributed by atoms with van der Waals surface area (Å²) in [5, 5.41) is 24.8. The van der Waals surface area contributed by atoms with Crippen molar-refractivity contribution in [3.63, 3.8) is 0 Å². The highest BCUT2D eigenvalue weighted by Gasteiger charge is 2.41. The molecule has 0 aromatic heterocycles. The summed E-state index contributed by atoms with van der Waals surface area (Å²) in [6.45, 7) is 7.03. The molecule has 1 aromatic carbocycles. The van der Waals surface area contributed by atoms with E-state index in [-0.39, 0.29) is 35.7 Å². The van der Waals surface area contributed by atoms with E-state index in [1.54, 1.807) is 18.1 Å². The van der Waals surface area contributed by atoms with Gasteiger partial charge in [0, 0.05) is 45.1 Å². The maximum Gasteiger partial charge on any atom is 0.251 e. The minimum absolute atomic E-state index is 0.0648. The van der Waals surface area contributed by atoms with E-state index in [0.717, 1.165) is 44.5 Å². The molecule has 1 aromatic rings. The van der Waals surface area contributed by atoms with Gasteiger partial charge < -0.3 is 35.4 Å². The third kappa shape index (κ3) is 6.91. The summed E-state index contributed by atoms with van der Waals surface area (Å²) in [4.78, 5) is 16.2. The number of rotatable bonds is 6. The van der Waals surface area contributed by atoms with Gasteiger partial charge in [0.1, 0.15) is 23.9 Å². The lowest BCUT2D eigenvalue weighted by atomic mass is 9.88. The molecule has 0 aliphatic carbocycles. The molecule has 4 N–H and O–H groups in total. The minimum atomic E-state index is -1.12. The van der Waals surface area contributed by atoms with Crippen LogP contribution in [0.2, 0.25) is 0 Å². The van der Waals surface area contributed by atoms with Crippen LogP contribution in [0.25, 0.3) is 5.70 Å². The van der Waals surface area contributed by atoms with E-state index in [4.69, 9.17) is 9.84 Å². The van der Waals surface area contributed by atoms with E-state index in [0.29, 0.717) is 25.5 Å². The first kappa shape index (κ1) is 27.3. The number of nitrogens with one attached hydrogen (secondary N) is 2. The molecule has 35 heavy (non-hydrogen) atoms. The number of benzene rings is 1. The molecule has 4 rings (SSSR count). The third-order valence-electron chi connectivity index (χ3n) is 6.80. The standard InChI is InChI=1S/C21H29F2N3O3.C4H9NO/c1-4-26-12-18(16-11-15(22)5-6-17(16)23)24-20(26)19(14-7-9-29-10-8-14)25(3)21(28)13(2)27;6-4-1-2-5-3-4/h5-6,11-14,19-20,24,27H,4,7-10H2,1-3H3;4-6H,1-3H2/t13-,19?,20?;/m0./s1. The van der Waals surface area contributed by atoms with Gasteiger partial charge in [0.15, 0.2) is 0 Å². The van der Waals surface area contributed by atoms with Gasteiger partial charge in [-0.2, -0.15) is 0 Å². The Kier molecular flexibility index (Phi) is 9.85. The largest absolute Gasteiger partial charge is 0.392 e. The van der Waals surface area contributed by atoms with Crippen LogP contribution in [-0.4, -0.2) is 90.2 Å². The first-order valence-corrected chi connectivity index (χ1v) is 12.3. The summed E-state index contributed by atoms with van der Waals surface area (Å²) in [5.41, 5.74) is 0.630. The quantitative estimate of drug-likeness (QED) is 0.474. The normalized spacial score (nSPS) is 24.2. The van der Waals surface area contributed by atoms with Gasteiger partial charge in [-0.3, -0.25) is 4.79 Å². The average molecular weight is 497 g/mol. The van der Waals surface area contributed by atoms with Crippen LogP contribution in [0.1, 0.15) is 38.7 Å². The van der Waals surface area contributed by atoms with Crippen molar-refractivity contribution in [1.29, 1.82) is 0 Å². The molecule has 3 aliphatic heterocycles. The molecule has 1 amide bonds. The molecule has 0 saturated carbocycles. The second-order valence-electron chi connectivity index (χ2n) is 9.30. The van der Waals surface area contributed by atoms with Crippen LogP contribution in [-0.2, 0) is 9.53 Å². The Labute approximate surface area is 205 Å². The molecule has 2 saturated heterocycles. The second kappa shape index (κ2) is 12.6. The monoisotopic (exact) mass is 496 g/mol. The van der Waals surface area contributed by atoms with E-state index in [2.05, 4.69) is 10.6 Å². The topological polar surface area (TPSA) is 97.3 Å². The highest BCUT2D eigenvalue weighted by atomic mass is 19.1. The average Bonchev–Trinajstić information content (AvgIpc) is 3.50. The van der Waals surface area contributed by atoms with Crippen molar-refractivity contribution in [1.82, 2.24) is 20.4 Å². The van der Waals surface area contributed by atoms with Gasteiger partial charge in [0.25, 0.3) is 5.91 Å². The number of hydrogen-bond acceptors (Lipinski definition) is 7. The van der Waals surface area contributed by atoms with Crippen molar-refractivity contribution >= 4 is 11.6 Å². The van der Waals surface area contributed by atoms with Gasteiger partial charge in [-0.15, -0.1) is 0 Å². The predicted molar refractivity (Wildman–Crippen MR) is 129 cm³/mol. The van der Waals surface area contributed by atoms with Crippen molar-refractivity contribution < 1.29 is 28.5 Å². The molecular formula is C25H38F2N4O4. The van der Waals surface area contributed by atoms with Crippen LogP contribution in [0.3, 0.4) is 0 Å². The molecule has 10 heteroatoms. The molecule has 3 heterocycles. The summed E-state index contributed by atoms with van der Waals surface area (Å²) in [6.07, 6.45) is 2.75. The van der Waals surface area contributed by atoms with Crippen LogP contribution >= 0.6 is 0 Å². The smallest absolute Gasteiger partial charge is 0.251 e. The Bertz CT molecular complexity index is 873. The lowest BCUT2D eigenvalue weighted by Gasteiger charge is -2.43. The highest BCUT2D eigenvalue weighted by Crippen LogP contribution is 2.32. The second-order valence-corrected chi connectivity index (χ2v) is 9.30. The van der Waals surface area contributed by atoms with Gasteiger partial charge in [-0.05, 0) is 63.8 Å². The fraction of sp³-hybridized carbons (Fsp3) is 0.640. The van der Waals surface area contributed by atoms with E-state index in [1.165, 1.54) is 13.0 Å². The SMILES string of the molecule is CCN1C=C(c2cc(F)ccc2F)NC1C(C1CCOCC1)N(C)C(=O)[C@H](C)O.OC1CCNC1. The molecule has 0 bridgehead atoms. The Morgan fingerprint density at radius 2 is 2.00 bits per heavy atom. The zero-order valence-electron chi connectivity index (χ0n) is 20.7. The zero-order chi connectivity index (χ0) is 25.5. The number of aliphatic hydroxyl groups excluding tert-OH is 2. The number of β-amino-alcohol motifs (C(OH)–C–C–N with tert-alkyl or cyclic N) is 1. The van der Waals surface area contributed by atoms with Crippen molar-refractivity contribution in [3.8, 4) is 0 Å². The number of carbonyl (C=O) groups is 1. The van der Waals surface area contributed by atoms with Crippen molar-refractivity contribution in [3.05, 3.63) is 41.6 Å². The first-order valence-electron chi connectivity index (χ1n) is 12.3. The third-order valence-corrected chi connectivity index (χ3v) is 6.80. The highest BCUT2D eigenvalue weighted by molar-refractivity contribution is 5.80. The summed E-state index contributed by atoms with van der Waals surface area (Å²) < 4.78 is 33.5. The number of carbonyl (C=O) groups excluding carboxylic acids is 1. The fourth-order valence-electron chi connectivity index (χ4n) is 4.87. The van der Waals surface area contributed by atoms with Gasteiger partial charge >= 0.3 is 0 Å². The summed E-state index contributed by atoms with van der Waals surface area (Å²) in [6, 6.07) is 3.09. The lowest BCUT2D eigenvalue weighted by Crippen LogP contribution is -2.59. The Hall–Kier alpha value is -2.27. The zero-order valence-corrected chi connectivity index (χ0v) is 20.7. The number of likely N-dealkylation sites (N-methyl/N-ethyl adjacent to an activating group) is 2. The van der Waals surface area contributed by atoms with Crippen molar-refractivity contribution in [2.24, 2.45) is 5.92 Å². The van der Waals surface area contributed by atoms with E-state index >= 15 is 0 Å². The molecule has 0 spiro atoms. The Balaban J connectivity index is 0.000000497. The summed E-state index contributed by atoms with van der Waals surface area (Å²) in [5.74, 6) is -1.26. The molecule has 8 nitrogen and oxygen atoms in total. The molecule has 0 radical (unpaired) electrons. The molecule has 2 fully saturated rings. The lowest BCUT2D eigenvalue weighted by molar-refractivity contribution is -0.143. The molecule has 4 atom stereocenters. The number of nitrogens with zero attached hydrogens (tertiary/aromatic N) is 2. The number of halogens is 2. The Morgan fingerprint density at radius 1 is 1.29 bits per heavy atom. The fourth-order valence-corrected chi connectivity index (χ4v) is 4.87. The number of hydrogen-bond donors (Lipinski definition) is 4. The van der Waals surface area contributed by atoms with E-state index < -0.39 is 17.7 Å².